The maximum absolute atomic E-state index is 13.7. The highest BCUT2D eigenvalue weighted by molar-refractivity contribution is 7.09. The van der Waals surface area contributed by atoms with Crippen molar-refractivity contribution in [3.05, 3.63) is 88.1 Å². The smallest absolute Gasteiger partial charge is 0.235 e. The third-order valence-corrected chi connectivity index (χ3v) is 6.13. The normalized spacial score (nSPS) is 17.0. The predicted molar refractivity (Wildman–Crippen MR) is 119 cm³/mol. The first-order valence-corrected chi connectivity index (χ1v) is 11.4. The summed E-state index contributed by atoms with van der Waals surface area (Å²) in [5, 5.41) is 5.89. The average Bonchev–Trinajstić information content (AvgIpc) is 3.47. The molecule has 1 N–H and O–H groups in total. The second-order valence-electron chi connectivity index (χ2n) is 7.72. The molecule has 2 unspecified atom stereocenters. The first-order valence-electron chi connectivity index (χ1n) is 10.5. The molecule has 1 amide bonds. The first kappa shape index (κ1) is 21.6. The van der Waals surface area contributed by atoms with Gasteiger partial charge in [0, 0.05) is 31.3 Å². The molecule has 1 saturated heterocycles. The molecule has 0 saturated carbocycles. The molecule has 0 spiro atoms. The van der Waals surface area contributed by atoms with Gasteiger partial charge in [0.15, 0.2) is 0 Å². The van der Waals surface area contributed by atoms with Crippen LogP contribution in [0.4, 0.5) is 4.39 Å². The van der Waals surface area contributed by atoms with Gasteiger partial charge in [0.1, 0.15) is 16.9 Å². The summed E-state index contributed by atoms with van der Waals surface area (Å²) in [7, 11) is 0. The van der Waals surface area contributed by atoms with Crippen molar-refractivity contribution in [2.24, 2.45) is 0 Å². The number of carbonyl (C=O) groups is 1. The van der Waals surface area contributed by atoms with E-state index in [-0.39, 0.29) is 30.4 Å². The predicted octanol–water partition coefficient (Wildman–Crippen LogP) is 4.17. The maximum atomic E-state index is 13.7. The van der Waals surface area contributed by atoms with Crippen molar-refractivity contribution in [1.29, 1.82) is 0 Å². The minimum absolute atomic E-state index is 0.0987. The summed E-state index contributed by atoms with van der Waals surface area (Å²) in [6, 6.07) is 16.1. The van der Waals surface area contributed by atoms with Crippen molar-refractivity contribution < 1.29 is 13.9 Å². The number of halogens is 1. The molecule has 2 atom stereocenters. The number of benzene rings is 2. The van der Waals surface area contributed by atoms with Gasteiger partial charge in [0.25, 0.3) is 0 Å². The van der Waals surface area contributed by atoms with Crippen LogP contribution >= 0.6 is 11.3 Å². The van der Waals surface area contributed by atoms with Crippen molar-refractivity contribution in [3.63, 3.8) is 0 Å². The highest BCUT2D eigenvalue weighted by atomic mass is 32.1. The van der Waals surface area contributed by atoms with Crippen LogP contribution in [0, 0.1) is 5.82 Å². The van der Waals surface area contributed by atoms with Gasteiger partial charge in [-0.2, -0.15) is 0 Å². The molecule has 5 nitrogen and oxygen atoms in total. The summed E-state index contributed by atoms with van der Waals surface area (Å²) in [6.45, 7) is 2.07. The molecule has 1 aliphatic rings. The molecular weight excluding hydrogens is 413 g/mol. The average molecular weight is 440 g/mol. The monoisotopic (exact) mass is 439 g/mol. The van der Waals surface area contributed by atoms with E-state index >= 15 is 0 Å². The van der Waals surface area contributed by atoms with Gasteiger partial charge in [-0.1, -0.05) is 42.5 Å². The van der Waals surface area contributed by atoms with Crippen LogP contribution in [0.3, 0.4) is 0 Å². The molecule has 3 aromatic rings. The molecule has 2 heterocycles. The number of aromatic nitrogens is 1. The van der Waals surface area contributed by atoms with E-state index in [1.807, 2.05) is 46.7 Å². The van der Waals surface area contributed by atoms with Gasteiger partial charge in [-0.25, -0.2) is 9.37 Å². The van der Waals surface area contributed by atoms with Crippen LogP contribution in [0.5, 0.6) is 0 Å². The van der Waals surface area contributed by atoms with E-state index in [2.05, 4.69) is 10.3 Å². The molecule has 162 valence electrons. The zero-order valence-electron chi connectivity index (χ0n) is 17.2. The minimum atomic E-state index is -0.299. The van der Waals surface area contributed by atoms with E-state index in [9.17, 15) is 9.18 Å². The Kier molecular flexibility index (Phi) is 7.40. The quantitative estimate of drug-likeness (QED) is 0.544. The van der Waals surface area contributed by atoms with Crippen molar-refractivity contribution >= 4 is 17.2 Å². The lowest BCUT2D eigenvalue weighted by molar-refractivity contribution is -0.123. The largest absolute Gasteiger partial charge is 0.377 e. The lowest BCUT2D eigenvalue weighted by atomic mass is 10.1. The van der Waals surface area contributed by atoms with Gasteiger partial charge in [0.2, 0.25) is 5.91 Å². The number of nitrogens with zero attached hydrogens (tertiary/aromatic N) is 2. The molecule has 1 aromatic heterocycles. The standard InChI is InChI=1S/C24H26FN3O2S/c25-20-9-4-6-18(14-20)15-28(16-21-10-5-12-30-21)17-22(29)27-23(24-26-11-13-31-24)19-7-2-1-3-8-19/h1-4,6-9,11,13-14,21,23H,5,10,12,15-17H2,(H,27,29). The Bertz CT molecular complexity index is 962. The summed E-state index contributed by atoms with van der Waals surface area (Å²) in [4.78, 5) is 19.5. The van der Waals surface area contributed by atoms with Gasteiger partial charge in [0.05, 0.1) is 12.6 Å². The molecule has 0 radical (unpaired) electrons. The Morgan fingerprint density at radius 1 is 1.26 bits per heavy atom. The van der Waals surface area contributed by atoms with E-state index in [4.69, 9.17) is 4.74 Å². The zero-order valence-corrected chi connectivity index (χ0v) is 18.1. The highest BCUT2D eigenvalue weighted by Gasteiger charge is 2.24. The van der Waals surface area contributed by atoms with Gasteiger partial charge in [-0.05, 0) is 36.1 Å². The zero-order chi connectivity index (χ0) is 21.5. The number of hydrogen-bond donors (Lipinski definition) is 1. The Morgan fingerprint density at radius 2 is 2.13 bits per heavy atom. The Labute approximate surface area is 185 Å². The summed E-state index contributed by atoms with van der Waals surface area (Å²) in [5.41, 5.74) is 1.83. The lowest BCUT2D eigenvalue weighted by Gasteiger charge is -2.26. The highest BCUT2D eigenvalue weighted by Crippen LogP contribution is 2.24. The van der Waals surface area contributed by atoms with Crippen molar-refractivity contribution in [3.8, 4) is 0 Å². The Balaban J connectivity index is 1.47. The fraction of sp³-hybridized carbons (Fsp3) is 0.333. The van der Waals surface area contributed by atoms with Crippen LogP contribution in [0.15, 0.2) is 66.2 Å². The molecule has 0 aliphatic carbocycles. The van der Waals surface area contributed by atoms with Crippen LogP contribution in [0.25, 0.3) is 0 Å². The van der Waals surface area contributed by atoms with Gasteiger partial charge in [-0.3, -0.25) is 9.69 Å². The number of rotatable bonds is 9. The number of nitrogens with one attached hydrogen (secondary N) is 1. The molecule has 1 aliphatic heterocycles. The fourth-order valence-corrected chi connectivity index (χ4v) is 4.59. The van der Waals surface area contributed by atoms with Crippen LogP contribution < -0.4 is 5.32 Å². The van der Waals surface area contributed by atoms with E-state index < -0.39 is 0 Å². The minimum Gasteiger partial charge on any atom is -0.377 e. The van der Waals surface area contributed by atoms with Crippen molar-refractivity contribution in [2.45, 2.75) is 31.5 Å². The number of amides is 1. The Hall–Kier alpha value is -2.61. The van der Waals surface area contributed by atoms with Gasteiger partial charge < -0.3 is 10.1 Å². The summed E-state index contributed by atoms with van der Waals surface area (Å²) < 4.78 is 19.5. The third kappa shape index (κ3) is 6.19. The fourth-order valence-electron chi connectivity index (χ4n) is 3.87. The summed E-state index contributed by atoms with van der Waals surface area (Å²) in [6.07, 6.45) is 3.86. The molecule has 0 bridgehead atoms. The molecular formula is C24H26FN3O2S. The van der Waals surface area contributed by atoms with Crippen LogP contribution in [-0.4, -0.2) is 41.6 Å². The van der Waals surface area contributed by atoms with Crippen LogP contribution in [-0.2, 0) is 16.1 Å². The maximum Gasteiger partial charge on any atom is 0.235 e. The summed E-state index contributed by atoms with van der Waals surface area (Å²) >= 11 is 1.52. The number of thiazole rings is 1. The van der Waals surface area contributed by atoms with E-state index in [1.165, 1.54) is 23.5 Å². The number of ether oxygens (including phenoxy) is 1. The van der Waals surface area contributed by atoms with Crippen LogP contribution in [0.2, 0.25) is 0 Å². The molecule has 1 fully saturated rings. The lowest BCUT2D eigenvalue weighted by Crippen LogP contribution is -2.41. The molecule has 2 aromatic carbocycles. The second-order valence-corrected chi connectivity index (χ2v) is 8.64. The second kappa shape index (κ2) is 10.6. The first-order chi connectivity index (χ1) is 15.2. The molecule has 7 heteroatoms. The van der Waals surface area contributed by atoms with Crippen molar-refractivity contribution in [1.82, 2.24) is 15.2 Å². The third-order valence-electron chi connectivity index (χ3n) is 5.28. The SMILES string of the molecule is O=C(CN(Cc1cccc(F)c1)CC1CCCO1)NC(c1ccccc1)c1nccs1. The number of hydrogen-bond acceptors (Lipinski definition) is 5. The Morgan fingerprint density at radius 3 is 2.84 bits per heavy atom. The topological polar surface area (TPSA) is 54.5 Å². The summed E-state index contributed by atoms with van der Waals surface area (Å²) in [5.74, 6) is -0.370. The molecule has 31 heavy (non-hydrogen) atoms. The van der Waals surface area contributed by atoms with Crippen LogP contribution in [0.1, 0.15) is 35.0 Å². The number of carbonyl (C=O) groups excluding carboxylic acids is 1. The van der Waals surface area contributed by atoms with E-state index in [0.29, 0.717) is 13.1 Å². The van der Waals surface area contributed by atoms with E-state index in [0.717, 1.165) is 35.6 Å². The van der Waals surface area contributed by atoms with Gasteiger partial charge in [-0.15, -0.1) is 11.3 Å². The van der Waals surface area contributed by atoms with Gasteiger partial charge >= 0.3 is 0 Å². The van der Waals surface area contributed by atoms with Crippen molar-refractivity contribution in [2.75, 3.05) is 19.7 Å². The molecule has 4 rings (SSSR count). The van der Waals surface area contributed by atoms with E-state index in [1.54, 1.807) is 12.3 Å².